The van der Waals surface area contributed by atoms with Gasteiger partial charge < -0.3 is 15.8 Å². The molecule has 0 radical (unpaired) electrons. The molecule has 0 unspecified atom stereocenters. The number of ether oxygens (including phenoxy) is 1. The van der Waals surface area contributed by atoms with E-state index >= 15 is 0 Å². The lowest BCUT2D eigenvalue weighted by atomic mass is 10.2. The molecule has 3 N–H and O–H groups in total. The Hall–Kier alpha value is -2.05. The summed E-state index contributed by atoms with van der Waals surface area (Å²) in [4.78, 5) is 22.8. The standard InChI is InChI=1S/C13H11ClN2O3S/c1-7(17)16-10-6-11(20-12(10)19-13(15)18)8-2-4-9(14)5-3-8/h2-6H,1H3,(H2,15,18)(H,16,17). The fraction of sp³-hybridized carbons (Fsp3) is 0.0769. The first-order valence-corrected chi connectivity index (χ1v) is 6.80. The summed E-state index contributed by atoms with van der Waals surface area (Å²) >= 11 is 7.04. The van der Waals surface area contributed by atoms with E-state index in [1.54, 1.807) is 18.2 Å². The smallest absolute Gasteiger partial charge is 0.397 e. The highest BCUT2D eigenvalue weighted by molar-refractivity contribution is 7.18. The van der Waals surface area contributed by atoms with Crippen LogP contribution in [-0.4, -0.2) is 12.0 Å². The number of hydrogen-bond acceptors (Lipinski definition) is 4. The van der Waals surface area contributed by atoms with Gasteiger partial charge in [0, 0.05) is 16.8 Å². The molecule has 0 aliphatic heterocycles. The van der Waals surface area contributed by atoms with Crippen LogP contribution in [0.1, 0.15) is 6.92 Å². The topological polar surface area (TPSA) is 81.4 Å². The fourth-order valence-electron chi connectivity index (χ4n) is 1.57. The predicted octanol–water partition coefficient (Wildman–Crippen LogP) is 3.48. The molecule has 0 saturated heterocycles. The number of benzene rings is 1. The SMILES string of the molecule is CC(=O)Nc1cc(-c2ccc(Cl)cc2)sc1OC(N)=O. The van der Waals surface area contributed by atoms with Crippen molar-refractivity contribution in [1.82, 2.24) is 0 Å². The Balaban J connectivity index is 2.39. The van der Waals surface area contributed by atoms with Gasteiger partial charge in [-0.05, 0) is 23.8 Å². The number of halogens is 1. The van der Waals surface area contributed by atoms with Crippen LogP contribution in [0.15, 0.2) is 30.3 Å². The Morgan fingerprint density at radius 2 is 1.95 bits per heavy atom. The monoisotopic (exact) mass is 310 g/mol. The quantitative estimate of drug-likeness (QED) is 0.910. The van der Waals surface area contributed by atoms with E-state index < -0.39 is 6.09 Å². The molecule has 20 heavy (non-hydrogen) atoms. The Morgan fingerprint density at radius 3 is 2.50 bits per heavy atom. The number of nitrogens with two attached hydrogens (primary N) is 1. The summed E-state index contributed by atoms with van der Waals surface area (Å²) in [5.41, 5.74) is 6.31. The van der Waals surface area contributed by atoms with E-state index in [2.05, 4.69) is 5.32 Å². The van der Waals surface area contributed by atoms with Gasteiger partial charge in [0.2, 0.25) is 11.0 Å². The van der Waals surface area contributed by atoms with E-state index in [1.165, 1.54) is 18.3 Å². The Morgan fingerprint density at radius 1 is 1.30 bits per heavy atom. The maximum atomic E-state index is 11.1. The van der Waals surface area contributed by atoms with Gasteiger partial charge in [-0.15, -0.1) is 0 Å². The Kier molecular flexibility index (Phi) is 4.26. The van der Waals surface area contributed by atoms with Crippen LogP contribution in [0.2, 0.25) is 5.02 Å². The summed E-state index contributed by atoms with van der Waals surface area (Å²) < 4.78 is 4.89. The van der Waals surface area contributed by atoms with Crippen LogP contribution < -0.4 is 15.8 Å². The van der Waals surface area contributed by atoms with Crippen molar-refractivity contribution >= 4 is 40.6 Å². The number of hydrogen-bond donors (Lipinski definition) is 2. The van der Waals surface area contributed by atoms with Gasteiger partial charge in [-0.25, -0.2) is 4.79 Å². The molecule has 1 aromatic carbocycles. The molecule has 2 aromatic rings. The first kappa shape index (κ1) is 14.4. The van der Waals surface area contributed by atoms with Crippen molar-refractivity contribution in [2.45, 2.75) is 6.92 Å². The number of carbonyl (C=O) groups is 2. The predicted molar refractivity (Wildman–Crippen MR) is 79.3 cm³/mol. The van der Waals surface area contributed by atoms with E-state index in [-0.39, 0.29) is 11.0 Å². The zero-order valence-electron chi connectivity index (χ0n) is 10.5. The molecule has 0 fully saturated rings. The van der Waals surface area contributed by atoms with Crippen molar-refractivity contribution in [3.05, 3.63) is 35.4 Å². The van der Waals surface area contributed by atoms with Crippen molar-refractivity contribution in [2.24, 2.45) is 5.73 Å². The highest BCUT2D eigenvalue weighted by Crippen LogP contribution is 2.41. The highest BCUT2D eigenvalue weighted by atomic mass is 35.5. The minimum Gasteiger partial charge on any atom is -0.397 e. The fourth-order valence-corrected chi connectivity index (χ4v) is 2.67. The second kappa shape index (κ2) is 5.94. The second-order valence-corrected chi connectivity index (χ2v) is 5.37. The second-order valence-electron chi connectivity index (χ2n) is 3.92. The molecule has 1 aromatic heterocycles. The van der Waals surface area contributed by atoms with Gasteiger partial charge in [0.1, 0.15) is 0 Å². The molecule has 0 atom stereocenters. The van der Waals surface area contributed by atoms with Crippen molar-refractivity contribution in [3.63, 3.8) is 0 Å². The van der Waals surface area contributed by atoms with Gasteiger partial charge in [0.15, 0.2) is 0 Å². The molecule has 0 aliphatic carbocycles. The number of thiophene rings is 1. The van der Waals surface area contributed by atoms with Crippen LogP contribution in [-0.2, 0) is 4.79 Å². The molecule has 5 nitrogen and oxygen atoms in total. The largest absolute Gasteiger partial charge is 0.410 e. The molecule has 1 heterocycles. The van der Waals surface area contributed by atoms with Gasteiger partial charge in [-0.2, -0.15) is 0 Å². The third-order valence-electron chi connectivity index (χ3n) is 2.33. The summed E-state index contributed by atoms with van der Waals surface area (Å²) in [7, 11) is 0. The van der Waals surface area contributed by atoms with Crippen LogP contribution in [0.5, 0.6) is 5.06 Å². The molecule has 7 heteroatoms. The third-order valence-corrected chi connectivity index (χ3v) is 3.64. The number of anilines is 1. The molecule has 2 rings (SSSR count). The molecule has 0 spiro atoms. The Bertz CT molecular complexity index is 619. The minimum absolute atomic E-state index is 0.248. The van der Waals surface area contributed by atoms with Crippen molar-refractivity contribution in [3.8, 4) is 15.5 Å². The molecular formula is C13H11ClN2O3S. The lowest BCUT2D eigenvalue weighted by Gasteiger charge is -2.01. The summed E-state index contributed by atoms with van der Waals surface area (Å²) in [6, 6.07) is 8.89. The van der Waals surface area contributed by atoms with Crippen molar-refractivity contribution in [2.75, 3.05) is 5.32 Å². The van der Waals surface area contributed by atoms with E-state index in [0.29, 0.717) is 10.7 Å². The number of rotatable bonds is 3. The van der Waals surface area contributed by atoms with Crippen molar-refractivity contribution < 1.29 is 14.3 Å². The lowest BCUT2D eigenvalue weighted by molar-refractivity contribution is -0.114. The molecular weight excluding hydrogens is 300 g/mol. The third kappa shape index (κ3) is 3.49. The van der Waals surface area contributed by atoms with Crippen LogP contribution in [0, 0.1) is 0 Å². The maximum Gasteiger partial charge on any atom is 0.410 e. The van der Waals surface area contributed by atoms with Crippen LogP contribution in [0.25, 0.3) is 10.4 Å². The number of nitrogens with one attached hydrogen (secondary N) is 1. The Labute approximate surface area is 124 Å². The van der Waals surface area contributed by atoms with Crippen LogP contribution in [0.4, 0.5) is 10.5 Å². The van der Waals surface area contributed by atoms with E-state index in [4.69, 9.17) is 22.1 Å². The molecule has 2 amide bonds. The maximum absolute atomic E-state index is 11.1. The zero-order chi connectivity index (χ0) is 14.7. The lowest BCUT2D eigenvalue weighted by Crippen LogP contribution is -2.16. The van der Waals surface area contributed by atoms with Gasteiger partial charge in [0.05, 0.1) is 5.69 Å². The minimum atomic E-state index is -0.930. The van der Waals surface area contributed by atoms with Gasteiger partial charge >= 0.3 is 6.09 Å². The summed E-state index contributed by atoms with van der Waals surface area (Å²) in [6.45, 7) is 1.37. The first-order valence-electron chi connectivity index (χ1n) is 5.60. The van der Waals surface area contributed by atoms with E-state index in [0.717, 1.165) is 10.4 Å². The number of carbonyl (C=O) groups excluding carboxylic acids is 2. The summed E-state index contributed by atoms with van der Waals surface area (Å²) in [5, 5.41) is 3.47. The first-order chi connectivity index (χ1) is 9.45. The number of primary amides is 1. The highest BCUT2D eigenvalue weighted by Gasteiger charge is 2.15. The average Bonchev–Trinajstić information content (AvgIpc) is 2.71. The van der Waals surface area contributed by atoms with Gasteiger partial charge in [0.25, 0.3) is 0 Å². The number of amides is 2. The molecule has 0 saturated carbocycles. The van der Waals surface area contributed by atoms with Crippen LogP contribution in [0.3, 0.4) is 0 Å². The van der Waals surface area contributed by atoms with E-state index in [9.17, 15) is 9.59 Å². The molecule has 104 valence electrons. The van der Waals surface area contributed by atoms with E-state index in [1.807, 2.05) is 12.1 Å². The molecule has 0 aliphatic rings. The van der Waals surface area contributed by atoms with Crippen molar-refractivity contribution in [1.29, 1.82) is 0 Å². The zero-order valence-corrected chi connectivity index (χ0v) is 12.0. The van der Waals surface area contributed by atoms with Gasteiger partial charge in [-0.3, -0.25) is 4.79 Å². The average molecular weight is 311 g/mol. The molecule has 0 bridgehead atoms. The van der Waals surface area contributed by atoms with Gasteiger partial charge in [-0.1, -0.05) is 35.1 Å². The summed E-state index contributed by atoms with van der Waals surface area (Å²) in [5.74, 6) is -0.264. The normalized spacial score (nSPS) is 10.1. The summed E-state index contributed by atoms with van der Waals surface area (Å²) in [6.07, 6.45) is -0.930. The van der Waals surface area contributed by atoms with Crippen LogP contribution >= 0.6 is 22.9 Å².